The fourth-order valence-electron chi connectivity index (χ4n) is 5.22. The summed E-state index contributed by atoms with van der Waals surface area (Å²) in [6.07, 6.45) is 5.46. The molecule has 11 nitrogen and oxygen atoms in total. The molecule has 1 saturated carbocycles. The Balaban J connectivity index is 0.00000248. The van der Waals surface area contributed by atoms with Crippen LogP contribution >= 0.6 is 0 Å². The van der Waals surface area contributed by atoms with Crippen molar-refractivity contribution in [1.29, 1.82) is 0 Å². The van der Waals surface area contributed by atoms with Crippen LogP contribution in [0.15, 0.2) is 59.7 Å². The summed E-state index contributed by atoms with van der Waals surface area (Å²) in [5, 5.41) is 13.9. The minimum Gasteiger partial charge on any atom is -0.496 e. The Kier molecular flexibility index (Phi) is 12.9. The van der Waals surface area contributed by atoms with Gasteiger partial charge in [-0.15, -0.1) is 0 Å². The molecule has 0 bridgehead atoms. The van der Waals surface area contributed by atoms with Crippen molar-refractivity contribution in [3.63, 3.8) is 0 Å². The lowest BCUT2D eigenvalue weighted by atomic mass is 10.0. The average molecular weight is 592 g/mol. The molecule has 1 fully saturated rings. The van der Waals surface area contributed by atoms with Crippen LogP contribution in [0.1, 0.15) is 74.5 Å². The number of hydrogen-bond acceptors (Lipinski definition) is 7. The zero-order valence-corrected chi connectivity index (χ0v) is 25.6. The van der Waals surface area contributed by atoms with Gasteiger partial charge in [0, 0.05) is 12.5 Å². The standard InChI is InChI=1S/C30H39N7O4.C2H6/c1-40-25-13-8-14-26(41-2)29(25)24-18-23(36-37(24)22-11-6-7-12-22)30(39)34-21(16-15-20-9-4-3-5-10-20)17-28(38)33-19-27(31)35-32;1-2/h3-5,8-10,13-14,18,21-22H,6-7,11-12,15-17,19,32H2,1-2H3,(H2,31,35)(H,33,38)(H,34,39);1-2H3. The van der Waals surface area contributed by atoms with Crippen LogP contribution in [-0.2, 0) is 11.2 Å². The molecule has 0 radical (unpaired) electrons. The summed E-state index contributed by atoms with van der Waals surface area (Å²) >= 11 is 0. The van der Waals surface area contributed by atoms with Gasteiger partial charge in [-0.05, 0) is 49.4 Å². The predicted molar refractivity (Wildman–Crippen MR) is 169 cm³/mol. The number of hydrazone groups is 1. The van der Waals surface area contributed by atoms with Crippen LogP contribution in [-0.4, -0.2) is 54.2 Å². The normalized spacial score (nSPS) is 13.9. The van der Waals surface area contributed by atoms with E-state index in [0.717, 1.165) is 42.5 Å². The predicted octanol–water partition coefficient (Wildman–Crippen LogP) is 4.18. The van der Waals surface area contributed by atoms with Gasteiger partial charge in [0.1, 0.15) is 17.3 Å². The van der Waals surface area contributed by atoms with Crippen molar-refractivity contribution in [2.45, 2.75) is 70.9 Å². The second-order valence-corrected chi connectivity index (χ2v) is 10.1. The lowest BCUT2D eigenvalue weighted by Crippen LogP contribution is -2.41. The number of nitrogens with one attached hydrogen (secondary N) is 2. The Morgan fingerprint density at radius 2 is 1.70 bits per heavy atom. The maximum Gasteiger partial charge on any atom is 0.272 e. The first-order valence-corrected chi connectivity index (χ1v) is 14.9. The second kappa shape index (κ2) is 16.8. The van der Waals surface area contributed by atoms with E-state index in [0.29, 0.717) is 24.3 Å². The number of nitrogens with zero attached hydrogens (tertiary/aromatic N) is 3. The van der Waals surface area contributed by atoms with Gasteiger partial charge in [-0.25, -0.2) is 0 Å². The van der Waals surface area contributed by atoms with E-state index in [1.165, 1.54) is 0 Å². The molecule has 11 heteroatoms. The van der Waals surface area contributed by atoms with E-state index in [1.807, 2.05) is 67.1 Å². The Bertz CT molecular complexity index is 1330. The molecule has 3 aromatic rings. The van der Waals surface area contributed by atoms with Crippen LogP contribution in [0.25, 0.3) is 11.3 Å². The van der Waals surface area contributed by atoms with E-state index in [-0.39, 0.29) is 42.4 Å². The van der Waals surface area contributed by atoms with Crippen molar-refractivity contribution < 1.29 is 19.1 Å². The molecule has 1 heterocycles. The highest BCUT2D eigenvalue weighted by molar-refractivity contribution is 5.94. The number of carbonyl (C=O) groups excluding carboxylic acids is 2. The Labute approximate surface area is 254 Å². The Hall–Kier alpha value is -4.54. The highest BCUT2D eigenvalue weighted by Crippen LogP contribution is 2.41. The van der Waals surface area contributed by atoms with Crippen LogP contribution in [0.2, 0.25) is 0 Å². The van der Waals surface area contributed by atoms with E-state index in [1.54, 1.807) is 20.3 Å². The van der Waals surface area contributed by atoms with E-state index in [9.17, 15) is 9.59 Å². The van der Waals surface area contributed by atoms with Gasteiger partial charge in [0.15, 0.2) is 5.69 Å². The van der Waals surface area contributed by atoms with Gasteiger partial charge in [-0.3, -0.25) is 14.3 Å². The van der Waals surface area contributed by atoms with Gasteiger partial charge < -0.3 is 31.7 Å². The van der Waals surface area contributed by atoms with Crippen LogP contribution in [0.5, 0.6) is 11.5 Å². The van der Waals surface area contributed by atoms with Crippen molar-refractivity contribution in [3.05, 3.63) is 65.9 Å². The minimum absolute atomic E-state index is 0.0323. The number of nitrogens with two attached hydrogens (primary N) is 2. The van der Waals surface area contributed by atoms with Crippen LogP contribution in [0, 0.1) is 0 Å². The van der Waals surface area contributed by atoms with Crippen molar-refractivity contribution in [2.75, 3.05) is 20.8 Å². The summed E-state index contributed by atoms with van der Waals surface area (Å²) in [5.74, 6) is 5.92. The van der Waals surface area contributed by atoms with Gasteiger partial charge >= 0.3 is 0 Å². The molecule has 6 N–H and O–H groups in total. The number of rotatable bonds is 13. The second-order valence-electron chi connectivity index (χ2n) is 10.1. The van der Waals surface area contributed by atoms with Gasteiger partial charge in [-0.1, -0.05) is 63.1 Å². The SMILES string of the molecule is CC.COc1cccc(OC)c1-c1cc(C(=O)NC(CCc2ccccc2)CC(=O)NC/C(N)=N/N)nn1C1CCCC1. The number of ether oxygens (including phenoxy) is 2. The molecule has 1 unspecified atom stereocenters. The zero-order valence-electron chi connectivity index (χ0n) is 25.6. The van der Waals surface area contributed by atoms with E-state index in [2.05, 4.69) is 15.7 Å². The lowest BCUT2D eigenvalue weighted by Gasteiger charge is -2.18. The van der Waals surface area contributed by atoms with Crippen LogP contribution < -0.4 is 31.7 Å². The smallest absolute Gasteiger partial charge is 0.272 e. The van der Waals surface area contributed by atoms with Crippen molar-refractivity contribution >= 4 is 17.6 Å². The number of benzene rings is 2. The monoisotopic (exact) mass is 591 g/mol. The van der Waals surface area contributed by atoms with E-state index < -0.39 is 6.04 Å². The number of amidine groups is 1. The third kappa shape index (κ3) is 8.97. The molecule has 1 aromatic heterocycles. The zero-order chi connectivity index (χ0) is 31.2. The highest BCUT2D eigenvalue weighted by Gasteiger charge is 2.28. The molecule has 43 heavy (non-hydrogen) atoms. The van der Waals surface area contributed by atoms with Crippen molar-refractivity contribution in [1.82, 2.24) is 20.4 Å². The molecular formula is C32H45N7O4. The Morgan fingerprint density at radius 3 is 2.30 bits per heavy atom. The van der Waals surface area contributed by atoms with Crippen molar-refractivity contribution in [3.8, 4) is 22.8 Å². The molecule has 2 aromatic carbocycles. The van der Waals surface area contributed by atoms with Gasteiger partial charge in [0.05, 0.1) is 38.1 Å². The van der Waals surface area contributed by atoms with Gasteiger partial charge in [0.2, 0.25) is 5.91 Å². The summed E-state index contributed by atoms with van der Waals surface area (Å²) in [5.41, 5.74) is 8.50. The molecule has 1 atom stereocenters. The fraction of sp³-hybridized carbons (Fsp3) is 0.438. The topological polar surface area (TPSA) is 159 Å². The molecule has 1 aliphatic carbocycles. The molecule has 0 saturated heterocycles. The molecule has 232 valence electrons. The first-order valence-electron chi connectivity index (χ1n) is 14.9. The van der Waals surface area contributed by atoms with E-state index >= 15 is 0 Å². The minimum atomic E-state index is -0.445. The first kappa shape index (κ1) is 33.0. The number of methoxy groups -OCH3 is 2. The highest BCUT2D eigenvalue weighted by atomic mass is 16.5. The maximum absolute atomic E-state index is 13.6. The molecule has 0 spiro atoms. The fourth-order valence-corrected chi connectivity index (χ4v) is 5.22. The summed E-state index contributed by atoms with van der Waals surface area (Å²) in [6, 6.07) is 17.0. The molecule has 0 aliphatic heterocycles. The summed E-state index contributed by atoms with van der Waals surface area (Å²) in [6.45, 7) is 4.03. The number of aromatic nitrogens is 2. The Morgan fingerprint density at radius 1 is 1.05 bits per heavy atom. The lowest BCUT2D eigenvalue weighted by molar-refractivity contribution is -0.121. The van der Waals surface area contributed by atoms with Gasteiger partial charge in [-0.2, -0.15) is 10.2 Å². The van der Waals surface area contributed by atoms with Gasteiger partial charge in [0.25, 0.3) is 5.91 Å². The van der Waals surface area contributed by atoms with Crippen molar-refractivity contribution in [2.24, 2.45) is 16.7 Å². The number of hydrogen-bond donors (Lipinski definition) is 4. The molecule has 1 aliphatic rings. The third-order valence-corrected chi connectivity index (χ3v) is 7.35. The number of aryl methyl sites for hydroxylation is 1. The van der Waals surface area contributed by atoms with E-state index in [4.69, 9.17) is 26.1 Å². The average Bonchev–Trinajstić information content (AvgIpc) is 3.74. The third-order valence-electron chi connectivity index (χ3n) is 7.35. The van der Waals surface area contributed by atoms with Crippen LogP contribution in [0.4, 0.5) is 0 Å². The summed E-state index contributed by atoms with van der Waals surface area (Å²) in [7, 11) is 3.22. The summed E-state index contributed by atoms with van der Waals surface area (Å²) < 4.78 is 13.3. The molecule has 2 amide bonds. The van der Waals surface area contributed by atoms with Crippen LogP contribution in [0.3, 0.4) is 0 Å². The largest absolute Gasteiger partial charge is 0.496 e. The molecule has 4 rings (SSSR count). The number of carbonyl (C=O) groups is 2. The molecular weight excluding hydrogens is 546 g/mol. The summed E-state index contributed by atoms with van der Waals surface area (Å²) in [4.78, 5) is 26.3. The first-order chi connectivity index (χ1) is 20.9. The maximum atomic E-state index is 13.6. The quantitative estimate of drug-likeness (QED) is 0.100. The number of amides is 2.